The summed E-state index contributed by atoms with van der Waals surface area (Å²) < 4.78 is 16.5. The summed E-state index contributed by atoms with van der Waals surface area (Å²) in [5.41, 5.74) is 2.88. The second-order valence-electron chi connectivity index (χ2n) is 7.02. The van der Waals surface area contributed by atoms with Crippen molar-refractivity contribution in [2.45, 2.75) is 26.1 Å². The normalized spacial score (nSPS) is 12.0. The molecule has 5 heteroatoms. The maximum absolute atomic E-state index is 11.9. The molecule has 0 bridgehead atoms. The van der Waals surface area contributed by atoms with Crippen molar-refractivity contribution in [1.82, 2.24) is 0 Å². The molecule has 3 rings (SSSR count). The van der Waals surface area contributed by atoms with Gasteiger partial charge >= 0.3 is 11.9 Å². The van der Waals surface area contributed by atoms with Crippen LogP contribution in [0.5, 0.6) is 5.75 Å². The second-order valence-corrected chi connectivity index (χ2v) is 7.02. The van der Waals surface area contributed by atoms with Gasteiger partial charge in [0.1, 0.15) is 5.75 Å². The molecule has 162 valence electrons. The summed E-state index contributed by atoms with van der Waals surface area (Å²) in [6, 6.07) is 24.0. The number of methoxy groups -OCH3 is 1. The van der Waals surface area contributed by atoms with E-state index >= 15 is 0 Å². The van der Waals surface area contributed by atoms with Crippen LogP contribution in [0, 0.1) is 11.8 Å². The van der Waals surface area contributed by atoms with Crippen LogP contribution in [-0.4, -0.2) is 19.0 Å². The molecular formula is C27H24O5. The van der Waals surface area contributed by atoms with Gasteiger partial charge in [0, 0.05) is 30.5 Å². The molecule has 0 saturated heterocycles. The van der Waals surface area contributed by atoms with Crippen molar-refractivity contribution in [2.24, 2.45) is 0 Å². The molecule has 2 unspecified atom stereocenters. The molecule has 0 saturated carbocycles. The van der Waals surface area contributed by atoms with Crippen LogP contribution >= 0.6 is 0 Å². The highest BCUT2D eigenvalue weighted by atomic mass is 16.5. The molecule has 3 aromatic rings. The summed E-state index contributed by atoms with van der Waals surface area (Å²) in [5, 5.41) is 0. The van der Waals surface area contributed by atoms with Crippen LogP contribution in [0.15, 0.2) is 78.9 Å². The number of benzene rings is 3. The maximum atomic E-state index is 11.9. The molecule has 32 heavy (non-hydrogen) atoms. The zero-order chi connectivity index (χ0) is 22.9. The van der Waals surface area contributed by atoms with E-state index in [1.165, 1.54) is 13.8 Å². The zero-order valence-electron chi connectivity index (χ0n) is 18.2. The van der Waals surface area contributed by atoms with Gasteiger partial charge in [-0.3, -0.25) is 9.59 Å². The second kappa shape index (κ2) is 10.8. The highest BCUT2D eigenvalue weighted by Gasteiger charge is 2.25. The Morgan fingerprint density at radius 2 is 1.34 bits per heavy atom. The minimum atomic E-state index is -0.833. The van der Waals surface area contributed by atoms with E-state index in [0.717, 1.165) is 11.1 Å². The van der Waals surface area contributed by atoms with Gasteiger partial charge in [-0.2, -0.15) is 0 Å². The molecule has 0 aliphatic heterocycles. The van der Waals surface area contributed by atoms with Crippen LogP contribution in [0.2, 0.25) is 0 Å². The summed E-state index contributed by atoms with van der Waals surface area (Å²) in [6.45, 7) is 2.70. The molecule has 3 aromatic carbocycles. The van der Waals surface area contributed by atoms with Crippen LogP contribution in [0.4, 0.5) is 0 Å². The standard InChI is InChI=1S/C27H24O5/c1-19(28)31-26(18-13-21-9-5-4-6-10-21)24-11-7-8-12-25(24)27(32-20(2)29)22-14-16-23(30-3)17-15-22/h4-12,14-17,26-27H,1-3H3. The van der Waals surface area contributed by atoms with E-state index in [0.29, 0.717) is 16.9 Å². The van der Waals surface area contributed by atoms with Crippen molar-refractivity contribution in [1.29, 1.82) is 0 Å². The fraction of sp³-hybridized carbons (Fsp3) is 0.185. The number of esters is 2. The Labute approximate surface area is 187 Å². The first kappa shape index (κ1) is 22.6. The number of hydrogen-bond acceptors (Lipinski definition) is 5. The van der Waals surface area contributed by atoms with Crippen LogP contribution in [0.1, 0.15) is 48.3 Å². The molecule has 0 radical (unpaired) electrons. The van der Waals surface area contributed by atoms with Crippen molar-refractivity contribution in [3.8, 4) is 17.6 Å². The first-order valence-electron chi connectivity index (χ1n) is 10.1. The van der Waals surface area contributed by atoms with Crippen molar-refractivity contribution >= 4 is 11.9 Å². The highest BCUT2D eigenvalue weighted by Crippen LogP contribution is 2.34. The number of ether oxygens (including phenoxy) is 3. The van der Waals surface area contributed by atoms with Gasteiger partial charge in [-0.25, -0.2) is 0 Å². The molecule has 2 atom stereocenters. The SMILES string of the molecule is COc1ccc(C(OC(C)=O)c2ccccc2C(C#Cc2ccccc2)OC(C)=O)cc1. The predicted molar refractivity (Wildman–Crippen MR) is 121 cm³/mol. The third-order valence-corrected chi connectivity index (χ3v) is 4.67. The van der Waals surface area contributed by atoms with Crippen LogP contribution < -0.4 is 4.74 Å². The lowest BCUT2D eigenvalue weighted by molar-refractivity contribution is -0.146. The van der Waals surface area contributed by atoms with Gasteiger partial charge in [0.05, 0.1) is 7.11 Å². The predicted octanol–water partition coefficient (Wildman–Crippen LogP) is 5.00. The van der Waals surface area contributed by atoms with Crippen molar-refractivity contribution < 1.29 is 23.8 Å². The smallest absolute Gasteiger partial charge is 0.304 e. The molecule has 0 aliphatic carbocycles. The molecule has 0 aromatic heterocycles. The van der Waals surface area contributed by atoms with E-state index in [9.17, 15) is 9.59 Å². The van der Waals surface area contributed by atoms with Crippen LogP contribution in [0.3, 0.4) is 0 Å². The number of carbonyl (C=O) groups excluding carboxylic acids is 2. The van der Waals surface area contributed by atoms with Gasteiger partial charge in [0.25, 0.3) is 0 Å². The molecule has 5 nitrogen and oxygen atoms in total. The van der Waals surface area contributed by atoms with Crippen LogP contribution in [-0.2, 0) is 19.1 Å². The number of carbonyl (C=O) groups is 2. The average molecular weight is 428 g/mol. The Bertz CT molecular complexity index is 1120. The average Bonchev–Trinajstić information content (AvgIpc) is 2.81. The van der Waals surface area contributed by atoms with Crippen molar-refractivity contribution in [3.63, 3.8) is 0 Å². The Kier molecular flexibility index (Phi) is 7.66. The summed E-state index contributed by atoms with van der Waals surface area (Å²) in [5.74, 6) is 5.91. The third kappa shape index (κ3) is 5.99. The summed E-state index contributed by atoms with van der Waals surface area (Å²) in [6.07, 6.45) is -1.54. The highest BCUT2D eigenvalue weighted by molar-refractivity contribution is 5.68. The molecule has 0 spiro atoms. The minimum absolute atomic E-state index is 0.431. The van der Waals surface area contributed by atoms with Gasteiger partial charge in [-0.1, -0.05) is 60.5 Å². The topological polar surface area (TPSA) is 61.8 Å². The van der Waals surface area contributed by atoms with Crippen LogP contribution in [0.25, 0.3) is 0 Å². The summed E-state index contributed by atoms with van der Waals surface area (Å²) >= 11 is 0. The lowest BCUT2D eigenvalue weighted by Crippen LogP contribution is -2.15. The van der Waals surface area contributed by atoms with E-state index in [1.807, 2.05) is 66.7 Å². The quantitative estimate of drug-likeness (QED) is 0.408. The lowest BCUT2D eigenvalue weighted by Gasteiger charge is -2.23. The van der Waals surface area contributed by atoms with E-state index in [2.05, 4.69) is 11.8 Å². The first-order chi connectivity index (χ1) is 15.5. The first-order valence-corrected chi connectivity index (χ1v) is 10.1. The van der Waals surface area contributed by atoms with E-state index in [1.54, 1.807) is 19.2 Å². The van der Waals surface area contributed by atoms with Gasteiger partial charge in [-0.15, -0.1) is 0 Å². The maximum Gasteiger partial charge on any atom is 0.304 e. The van der Waals surface area contributed by atoms with E-state index in [4.69, 9.17) is 14.2 Å². The molecule has 0 N–H and O–H groups in total. The Morgan fingerprint density at radius 1 is 0.750 bits per heavy atom. The Balaban J connectivity index is 2.08. The van der Waals surface area contributed by atoms with Crippen molar-refractivity contribution in [2.75, 3.05) is 7.11 Å². The van der Waals surface area contributed by atoms with Gasteiger partial charge in [0.15, 0.2) is 12.2 Å². The molecular weight excluding hydrogens is 404 g/mol. The van der Waals surface area contributed by atoms with E-state index in [-0.39, 0.29) is 0 Å². The van der Waals surface area contributed by atoms with E-state index < -0.39 is 24.1 Å². The molecule has 0 amide bonds. The third-order valence-electron chi connectivity index (χ3n) is 4.67. The van der Waals surface area contributed by atoms with Gasteiger partial charge in [0.2, 0.25) is 0 Å². The Morgan fingerprint density at radius 3 is 1.94 bits per heavy atom. The largest absolute Gasteiger partial charge is 0.497 e. The molecule has 0 fully saturated rings. The lowest BCUT2D eigenvalue weighted by atomic mass is 9.93. The van der Waals surface area contributed by atoms with Gasteiger partial charge in [-0.05, 0) is 35.7 Å². The fourth-order valence-corrected chi connectivity index (χ4v) is 3.25. The number of hydrogen-bond donors (Lipinski definition) is 0. The van der Waals surface area contributed by atoms with Gasteiger partial charge < -0.3 is 14.2 Å². The molecule has 0 aliphatic rings. The minimum Gasteiger partial charge on any atom is -0.497 e. The summed E-state index contributed by atoms with van der Waals surface area (Å²) in [7, 11) is 1.59. The fourth-order valence-electron chi connectivity index (χ4n) is 3.25. The monoisotopic (exact) mass is 428 g/mol. The summed E-state index contributed by atoms with van der Waals surface area (Å²) in [4.78, 5) is 23.8. The zero-order valence-corrected chi connectivity index (χ0v) is 18.2. The molecule has 0 heterocycles. The van der Waals surface area contributed by atoms with Crippen molar-refractivity contribution in [3.05, 3.63) is 101 Å². The Hall–Kier alpha value is -4.04. The number of rotatable bonds is 6.